The fourth-order valence-electron chi connectivity index (χ4n) is 2.10. The number of rotatable bonds is 6. The summed E-state index contributed by atoms with van der Waals surface area (Å²) in [6.07, 6.45) is 0.267. The zero-order valence-corrected chi connectivity index (χ0v) is 12.8. The molecule has 0 bridgehead atoms. The number of nitrogens with one attached hydrogen (secondary N) is 1. The molecule has 0 aromatic carbocycles. The van der Waals surface area contributed by atoms with Crippen molar-refractivity contribution in [3.63, 3.8) is 0 Å². The molecule has 2 rings (SSSR count). The van der Waals surface area contributed by atoms with E-state index in [2.05, 4.69) is 5.32 Å². The number of hydrogen-bond donors (Lipinski definition) is 1. The van der Waals surface area contributed by atoms with Gasteiger partial charge in [0.1, 0.15) is 10.6 Å². The lowest BCUT2D eigenvalue weighted by Gasteiger charge is -2.14. The second-order valence-corrected chi connectivity index (χ2v) is 7.71. The number of carbonyl (C=O) groups excluding carboxylic acids is 1. The molecule has 1 aromatic rings. The first-order chi connectivity index (χ1) is 9.68. The van der Waals surface area contributed by atoms with Crippen LogP contribution in [0.2, 0.25) is 0 Å². The Labute approximate surface area is 125 Å². The van der Waals surface area contributed by atoms with E-state index in [0.29, 0.717) is 5.92 Å². The molecule has 1 atom stereocenters. The van der Waals surface area contributed by atoms with Gasteiger partial charge in [-0.25, -0.2) is 17.2 Å². The summed E-state index contributed by atoms with van der Waals surface area (Å²) in [7, 11) is 1.11. The van der Waals surface area contributed by atoms with E-state index in [1.54, 1.807) is 0 Å². The highest BCUT2D eigenvalue weighted by molar-refractivity contribution is 8.13. The van der Waals surface area contributed by atoms with Crippen molar-refractivity contribution in [2.45, 2.75) is 43.7 Å². The van der Waals surface area contributed by atoms with Gasteiger partial charge in [0.05, 0.1) is 6.54 Å². The largest absolute Gasteiger partial charge is 0.348 e. The molecule has 1 fully saturated rings. The van der Waals surface area contributed by atoms with Crippen LogP contribution in [0.15, 0.2) is 17.2 Å². The van der Waals surface area contributed by atoms with Crippen molar-refractivity contribution in [1.82, 2.24) is 9.88 Å². The number of hydrogen-bond acceptors (Lipinski definition) is 3. The van der Waals surface area contributed by atoms with Crippen LogP contribution in [-0.4, -0.2) is 31.4 Å². The van der Waals surface area contributed by atoms with E-state index in [9.17, 15) is 22.0 Å². The molecule has 0 radical (unpaired) electrons. The molecule has 0 aliphatic heterocycles. The number of halogens is 3. The summed E-state index contributed by atoms with van der Waals surface area (Å²) >= 11 is 0. The molecule has 5 nitrogen and oxygen atoms in total. The minimum Gasteiger partial charge on any atom is -0.348 e. The highest BCUT2D eigenvalue weighted by Crippen LogP contribution is 2.32. The Morgan fingerprint density at radius 2 is 2.14 bits per heavy atom. The van der Waals surface area contributed by atoms with Crippen LogP contribution in [0.5, 0.6) is 0 Å². The second-order valence-electron chi connectivity index (χ2n) is 5.14. The minimum absolute atomic E-state index is 0.0801. The molecule has 0 spiro atoms. The normalized spacial score (nSPS) is 17.0. The molecule has 1 aliphatic rings. The Morgan fingerprint density at radius 3 is 2.62 bits per heavy atom. The number of aromatic nitrogens is 1. The fraction of sp³-hybridized carbons (Fsp3) is 0.583. The molecule has 1 heterocycles. The van der Waals surface area contributed by atoms with Crippen molar-refractivity contribution in [3.8, 4) is 0 Å². The lowest BCUT2D eigenvalue weighted by molar-refractivity contribution is 0.0913. The van der Waals surface area contributed by atoms with Crippen LogP contribution in [-0.2, 0) is 15.6 Å². The second kappa shape index (κ2) is 5.92. The first-order valence-corrected chi connectivity index (χ1v) is 8.73. The molecule has 118 valence electrons. The Balaban J connectivity index is 2.26. The molecule has 1 aliphatic carbocycles. The molecule has 0 saturated heterocycles. The van der Waals surface area contributed by atoms with Gasteiger partial charge >= 0.3 is 0 Å². The molecule has 1 saturated carbocycles. The molecule has 1 N–H and O–H groups in total. The highest BCUT2D eigenvalue weighted by atomic mass is 35.7. The zero-order valence-electron chi connectivity index (χ0n) is 11.2. The number of alkyl halides is 2. The molecule has 1 aromatic heterocycles. The lowest BCUT2D eigenvalue weighted by Crippen LogP contribution is -2.35. The van der Waals surface area contributed by atoms with Crippen LogP contribution < -0.4 is 5.32 Å². The molecule has 1 amide bonds. The molecular formula is C12H15ClF2N2O3S. The van der Waals surface area contributed by atoms with E-state index >= 15 is 0 Å². The Kier molecular flexibility index (Phi) is 4.57. The van der Waals surface area contributed by atoms with Crippen molar-refractivity contribution >= 4 is 25.6 Å². The third kappa shape index (κ3) is 4.16. The summed E-state index contributed by atoms with van der Waals surface area (Å²) in [6, 6.07) is 0.933. The predicted octanol–water partition coefficient (Wildman–Crippen LogP) is 2.21. The SMILES string of the molecule is CC(NC(=O)c1cc(S(=O)(=O)Cl)cn1CC(F)F)C1CC1. The Morgan fingerprint density at radius 1 is 1.52 bits per heavy atom. The van der Waals surface area contributed by atoms with Crippen molar-refractivity contribution in [3.05, 3.63) is 18.0 Å². The van der Waals surface area contributed by atoms with E-state index in [1.807, 2.05) is 6.92 Å². The average Bonchev–Trinajstić information content (AvgIpc) is 3.09. The highest BCUT2D eigenvalue weighted by Gasteiger charge is 2.30. The van der Waals surface area contributed by atoms with Crippen LogP contribution >= 0.6 is 10.7 Å². The van der Waals surface area contributed by atoms with E-state index < -0.39 is 27.9 Å². The van der Waals surface area contributed by atoms with Gasteiger partial charge in [0.25, 0.3) is 21.4 Å². The molecule has 21 heavy (non-hydrogen) atoms. The maximum atomic E-state index is 12.5. The van der Waals surface area contributed by atoms with Gasteiger partial charge in [0.2, 0.25) is 0 Å². The molecule has 1 unspecified atom stereocenters. The maximum absolute atomic E-state index is 12.5. The van der Waals surface area contributed by atoms with Gasteiger partial charge in [-0.3, -0.25) is 4.79 Å². The number of amides is 1. The van der Waals surface area contributed by atoms with E-state index in [1.165, 1.54) is 0 Å². The standard InChI is InChI=1S/C12H15ClF2N2O3S/c1-7(8-2-3-8)16-12(18)10-4-9(21(13,19)20)5-17(10)6-11(14)15/h4-5,7-8,11H,2-3,6H2,1H3,(H,16,18). The smallest absolute Gasteiger partial charge is 0.268 e. The number of carbonyl (C=O) groups is 1. The topological polar surface area (TPSA) is 68.2 Å². The molecular weight excluding hydrogens is 326 g/mol. The quantitative estimate of drug-likeness (QED) is 0.807. The zero-order chi connectivity index (χ0) is 15.8. The van der Waals surface area contributed by atoms with Crippen molar-refractivity contribution in [1.29, 1.82) is 0 Å². The van der Waals surface area contributed by atoms with Gasteiger partial charge in [0, 0.05) is 22.9 Å². The van der Waals surface area contributed by atoms with Crippen LogP contribution in [0.1, 0.15) is 30.3 Å². The monoisotopic (exact) mass is 340 g/mol. The first-order valence-electron chi connectivity index (χ1n) is 6.42. The third-order valence-corrected chi connectivity index (χ3v) is 4.73. The van der Waals surface area contributed by atoms with E-state index in [4.69, 9.17) is 10.7 Å². The van der Waals surface area contributed by atoms with Crippen LogP contribution in [0.25, 0.3) is 0 Å². The lowest BCUT2D eigenvalue weighted by atomic mass is 10.2. The Bertz CT molecular complexity index is 641. The average molecular weight is 341 g/mol. The maximum Gasteiger partial charge on any atom is 0.268 e. The van der Waals surface area contributed by atoms with Crippen LogP contribution in [0.3, 0.4) is 0 Å². The van der Waals surface area contributed by atoms with Crippen molar-refractivity contribution < 1.29 is 22.0 Å². The van der Waals surface area contributed by atoms with Gasteiger partial charge in [-0.15, -0.1) is 0 Å². The van der Waals surface area contributed by atoms with Gasteiger partial charge in [-0.1, -0.05) is 0 Å². The number of nitrogens with zero attached hydrogens (tertiary/aromatic N) is 1. The third-order valence-electron chi connectivity index (χ3n) is 3.41. The van der Waals surface area contributed by atoms with Crippen LogP contribution in [0, 0.1) is 5.92 Å². The summed E-state index contributed by atoms with van der Waals surface area (Å²) in [5.74, 6) is -0.190. The summed E-state index contributed by atoms with van der Waals surface area (Å²) < 4.78 is 48.5. The van der Waals surface area contributed by atoms with Crippen molar-refractivity contribution in [2.75, 3.05) is 0 Å². The Hall–Kier alpha value is -1.15. The summed E-state index contributed by atoms with van der Waals surface area (Å²) in [5, 5.41) is 2.69. The van der Waals surface area contributed by atoms with E-state index in [-0.39, 0.29) is 16.6 Å². The fourth-order valence-corrected chi connectivity index (χ4v) is 2.86. The van der Waals surface area contributed by atoms with Crippen LogP contribution in [0.4, 0.5) is 8.78 Å². The first kappa shape index (κ1) is 16.2. The van der Waals surface area contributed by atoms with Gasteiger partial charge in [0.15, 0.2) is 0 Å². The van der Waals surface area contributed by atoms with Crippen molar-refractivity contribution in [2.24, 2.45) is 5.92 Å². The van der Waals surface area contributed by atoms with Gasteiger partial charge in [-0.2, -0.15) is 0 Å². The molecule has 9 heteroatoms. The summed E-state index contributed by atoms with van der Waals surface area (Å²) in [5.41, 5.74) is -0.137. The summed E-state index contributed by atoms with van der Waals surface area (Å²) in [4.78, 5) is 11.7. The summed E-state index contributed by atoms with van der Waals surface area (Å²) in [6.45, 7) is 1.06. The minimum atomic E-state index is -4.08. The van der Waals surface area contributed by atoms with E-state index in [0.717, 1.165) is 29.7 Å². The van der Waals surface area contributed by atoms with Gasteiger partial charge in [-0.05, 0) is 31.7 Å². The predicted molar refractivity (Wildman–Crippen MR) is 73.1 cm³/mol. The van der Waals surface area contributed by atoms with Gasteiger partial charge < -0.3 is 9.88 Å².